The Bertz CT molecular complexity index is 565. The van der Waals surface area contributed by atoms with E-state index in [4.69, 9.17) is 5.11 Å². The number of nitrogens with one attached hydrogen (secondary N) is 1. The molecule has 8 heteroatoms. The molecule has 114 valence electrons. The largest absolute Gasteiger partial charge is 0.481 e. The third kappa shape index (κ3) is 3.26. The van der Waals surface area contributed by atoms with Gasteiger partial charge in [-0.1, -0.05) is 6.42 Å². The van der Waals surface area contributed by atoms with Crippen molar-refractivity contribution in [3.05, 3.63) is 33.9 Å². The van der Waals surface area contributed by atoms with Gasteiger partial charge in [0.25, 0.3) is 12.1 Å². The van der Waals surface area contributed by atoms with Gasteiger partial charge in [-0.05, 0) is 18.9 Å². The number of hydrogen-bond acceptors (Lipinski definition) is 4. The van der Waals surface area contributed by atoms with Crippen LogP contribution in [-0.2, 0) is 4.79 Å². The van der Waals surface area contributed by atoms with Crippen molar-refractivity contribution in [3.63, 3.8) is 0 Å². The first-order chi connectivity index (χ1) is 9.90. The van der Waals surface area contributed by atoms with Gasteiger partial charge < -0.3 is 10.4 Å². The fourth-order valence-electron chi connectivity index (χ4n) is 2.60. The molecule has 0 saturated heterocycles. The molecular formula is C13H14F2N2O4. The van der Waals surface area contributed by atoms with E-state index in [2.05, 4.69) is 5.32 Å². The molecule has 0 bridgehead atoms. The van der Waals surface area contributed by atoms with Crippen molar-refractivity contribution in [1.82, 2.24) is 0 Å². The summed E-state index contributed by atoms with van der Waals surface area (Å²) in [7, 11) is 0. The Balaban J connectivity index is 2.27. The third-order valence-corrected chi connectivity index (χ3v) is 3.66. The van der Waals surface area contributed by atoms with E-state index in [0.29, 0.717) is 19.3 Å². The number of nitrogens with zero attached hydrogens (tertiary/aromatic N) is 1. The summed E-state index contributed by atoms with van der Waals surface area (Å²) in [5.41, 5.74) is -0.856. The second-order valence-electron chi connectivity index (χ2n) is 4.96. The molecule has 2 atom stereocenters. The fraction of sp³-hybridized carbons (Fsp3) is 0.462. The zero-order valence-electron chi connectivity index (χ0n) is 11.0. The summed E-state index contributed by atoms with van der Waals surface area (Å²) in [5.74, 6) is -1.60. The van der Waals surface area contributed by atoms with Gasteiger partial charge in [-0.25, -0.2) is 8.78 Å². The summed E-state index contributed by atoms with van der Waals surface area (Å²) >= 11 is 0. The molecule has 0 heterocycles. The lowest BCUT2D eigenvalue weighted by Gasteiger charge is -2.20. The van der Waals surface area contributed by atoms with Crippen molar-refractivity contribution in [2.24, 2.45) is 5.92 Å². The molecule has 1 aliphatic rings. The summed E-state index contributed by atoms with van der Waals surface area (Å²) in [5, 5.41) is 22.5. The number of non-ortho nitro benzene ring substituents is 1. The van der Waals surface area contributed by atoms with E-state index >= 15 is 0 Å². The smallest absolute Gasteiger partial charge is 0.308 e. The molecule has 2 rings (SSSR count). The Labute approximate surface area is 118 Å². The minimum atomic E-state index is -2.88. The number of hydrogen-bond donors (Lipinski definition) is 2. The molecule has 2 N–H and O–H groups in total. The van der Waals surface area contributed by atoms with Crippen LogP contribution in [0, 0.1) is 16.0 Å². The van der Waals surface area contributed by atoms with Gasteiger partial charge >= 0.3 is 5.97 Å². The van der Waals surface area contributed by atoms with Crippen molar-refractivity contribution >= 4 is 17.3 Å². The van der Waals surface area contributed by atoms with Gasteiger partial charge in [0.05, 0.1) is 10.8 Å². The summed E-state index contributed by atoms with van der Waals surface area (Å²) in [4.78, 5) is 21.0. The molecule has 1 aromatic carbocycles. The van der Waals surface area contributed by atoms with Crippen LogP contribution in [0.25, 0.3) is 0 Å². The van der Waals surface area contributed by atoms with Crippen molar-refractivity contribution < 1.29 is 23.6 Å². The van der Waals surface area contributed by atoms with Gasteiger partial charge in [0.1, 0.15) is 0 Å². The molecule has 0 amide bonds. The van der Waals surface area contributed by atoms with E-state index in [1.165, 1.54) is 6.07 Å². The first-order valence-corrected chi connectivity index (χ1v) is 6.46. The van der Waals surface area contributed by atoms with Crippen LogP contribution in [-0.4, -0.2) is 22.0 Å². The zero-order valence-corrected chi connectivity index (χ0v) is 11.0. The van der Waals surface area contributed by atoms with Crippen molar-refractivity contribution in [2.75, 3.05) is 5.32 Å². The summed E-state index contributed by atoms with van der Waals surface area (Å²) in [6.45, 7) is 0. The van der Waals surface area contributed by atoms with E-state index in [1.807, 2.05) is 0 Å². The number of rotatable bonds is 5. The van der Waals surface area contributed by atoms with Crippen molar-refractivity contribution in [1.29, 1.82) is 0 Å². The number of alkyl halides is 2. The van der Waals surface area contributed by atoms with Crippen molar-refractivity contribution in [2.45, 2.75) is 31.7 Å². The maximum Gasteiger partial charge on any atom is 0.308 e. The van der Waals surface area contributed by atoms with Crippen LogP contribution in [0.15, 0.2) is 18.2 Å². The predicted octanol–water partition coefficient (Wildman–Crippen LogP) is 3.20. The Kier molecular flexibility index (Phi) is 4.35. The minimum absolute atomic E-state index is 0.0498. The van der Waals surface area contributed by atoms with Gasteiger partial charge in [0.2, 0.25) is 0 Å². The second kappa shape index (κ2) is 6.02. The second-order valence-corrected chi connectivity index (χ2v) is 4.96. The summed E-state index contributed by atoms with van der Waals surface area (Å²) < 4.78 is 26.0. The van der Waals surface area contributed by atoms with E-state index in [0.717, 1.165) is 12.1 Å². The lowest BCUT2D eigenvalue weighted by Crippen LogP contribution is -2.30. The van der Waals surface area contributed by atoms with Crippen LogP contribution >= 0.6 is 0 Å². The number of carboxylic acid groups (broad SMARTS) is 1. The van der Waals surface area contributed by atoms with Gasteiger partial charge in [-0.2, -0.15) is 0 Å². The molecule has 1 fully saturated rings. The van der Waals surface area contributed by atoms with Crippen LogP contribution in [0.1, 0.15) is 31.3 Å². The highest BCUT2D eigenvalue weighted by molar-refractivity contribution is 5.72. The number of carbonyl (C=O) groups is 1. The number of anilines is 1. The molecule has 1 saturated carbocycles. The number of benzene rings is 1. The summed E-state index contributed by atoms with van der Waals surface area (Å²) in [6, 6.07) is 2.70. The molecule has 1 aliphatic carbocycles. The van der Waals surface area contributed by atoms with Crippen LogP contribution in [0.5, 0.6) is 0 Å². The molecule has 2 unspecified atom stereocenters. The van der Waals surface area contributed by atoms with Crippen LogP contribution in [0.4, 0.5) is 20.2 Å². The maximum atomic E-state index is 13.0. The molecule has 1 aromatic rings. The Morgan fingerprint density at radius 3 is 2.71 bits per heavy atom. The molecule has 6 nitrogen and oxygen atoms in total. The normalized spacial score (nSPS) is 21.5. The molecule has 0 spiro atoms. The van der Waals surface area contributed by atoms with E-state index in [9.17, 15) is 23.7 Å². The van der Waals surface area contributed by atoms with E-state index in [1.54, 1.807) is 0 Å². The highest BCUT2D eigenvalue weighted by atomic mass is 19.3. The monoisotopic (exact) mass is 300 g/mol. The standard InChI is InChI=1S/C13H14F2N2O4/c14-12(15)9-6-7(17(20)21)4-5-11(9)16-10-3-1-2-8(10)13(18)19/h4-6,8,10,12,16H,1-3H2,(H,18,19). The van der Waals surface area contributed by atoms with Gasteiger partial charge in [0.15, 0.2) is 0 Å². The van der Waals surface area contributed by atoms with Gasteiger partial charge in [0, 0.05) is 29.4 Å². The van der Waals surface area contributed by atoms with Gasteiger partial charge in [-0.3, -0.25) is 14.9 Å². The predicted molar refractivity (Wildman–Crippen MR) is 70.4 cm³/mol. The van der Waals surface area contributed by atoms with Gasteiger partial charge in [-0.15, -0.1) is 0 Å². The number of carboxylic acids is 1. The lowest BCUT2D eigenvalue weighted by molar-refractivity contribution is -0.385. The number of aliphatic carboxylic acids is 1. The number of halogens is 2. The van der Waals surface area contributed by atoms with E-state index in [-0.39, 0.29) is 5.69 Å². The minimum Gasteiger partial charge on any atom is -0.481 e. The van der Waals surface area contributed by atoms with Crippen LogP contribution in [0.2, 0.25) is 0 Å². The molecule has 21 heavy (non-hydrogen) atoms. The zero-order chi connectivity index (χ0) is 15.6. The molecule has 0 radical (unpaired) electrons. The lowest BCUT2D eigenvalue weighted by atomic mass is 10.0. The highest BCUT2D eigenvalue weighted by Crippen LogP contribution is 2.34. The maximum absolute atomic E-state index is 13.0. The first-order valence-electron chi connectivity index (χ1n) is 6.46. The summed E-state index contributed by atoms with van der Waals surface area (Å²) in [6.07, 6.45) is -1.12. The number of nitro benzene ring substituents is 1. The number of nitro groups is 1. The molecule has 0 aliphatic heterocycles. The van der Waals surface area contributed by atoms with Crippen LogP contribution < -0.4 is 5.32 Å². The quantitative estimate of drug-likeness (QED) is 0.643. The average Bonchev–Trinajstić information content (AvgIpc) is 2.87. The fourth-order valence-corrected chi connectivity index (χ4v) is 2.60. The first kappa shape index (κ1) is 15.1. The average molecular weight is 300 g/mol. The Hall–Kier alpha value is -2.25. The third-order valence-electron chi connectivity index (χ3n) is 3.66. The topological polar surface area (TPSA) is 92.5 Å². The Morgan fingerprint density at radius 1 is 1.43 bits per heavy atom. The molecular weight excluding hydrogens is 286 g/mol. The van der Waals surface area contributed by atoms with E-state index < -0.39 is 40.5 Å². The van der Waals surface area contributed by atoms with Crippen LogP contribution in [0.3, 0.4) is 0 Å². The van der Waals surface area contributed by atoms with Crippen molar-refractivity contribution in [3.8, 4) is 0 Å². The Morgan fingerprint density at radius 2 is 2.14 bits per heavy atom. The highest BCUT2D eigenvalue weighted by Gasteiger charge is 2.33. The molecule has 0 aromatic heterocycles. The SMILES string of the molecule is O=C(O)C1CCCC1Nc1ccc([N+](=O)[O-])cc1C(F)F.